The highest BCUT2D eigenvalue weighted by molar-refractivity contribution is 5.86. The number of benzene rings is 3. The molecule has 2 bridgehead atoms. The monoisotopic (exact) mass is 498 g/mol. The molecule has 4 heteroatoms. The van der Waals surface area contributed by atoms with E-state index >= 15 is 0 Å². The summed E-state index contributed by atoms with van der Waals surface area (Å²) in [7, 11) is 0. The largest absolute Gasteiger partial charge is 0.461 e. The van der Waals surface area contributed by atoms with Crippen molar-refractivity contribution in [1.29, 1.82) is 0 Å². The highest BCUT2D eigenvalue weighted by atomic mass is 16.5. The predicted octanol–water partition coefficient (Wildman–Crippen LogP) is 6.51. The first-order chi connectivity index (χ1) is 17.7. The number of hydrogen-bond acceptors (Lipinski definition) is 4. The summed E-state index contributed by atoms with van der Waals surface area (Å²) in [6.45, 7) is 7.00. The van der Waals surface area contributed by atoms with Crippen LogP contribution in [0.15, 0.2) is 78.9 Å². The fourth-order valence-electron chi connectivity index (χ4n) is 7.10. The van der Waals surface area contributed by atoms with Crippen LogP contribution in [0.3, 0.4) is 0 Å². The van der Waals surface area contributed by atoms with Gasteiger partial charge < -0.3 is 14.9 Å². The SMILES string of the molecule is CC1(C)C2CC[C@]1(C)C(c1cccc3ccccc13)C2OC(=O)C[C@@H](O)C[C@@H](O)C=Cc1ccccc1. The molecule has 2 N–H and O–H groups in total. The third kappa shape index (κ3) is 4.73. The molecule has 3 unspecified atom stereocenters. The zero-order valence-corrected chi connectivity index (χ0v) is 22.0. The predicted molar refractivity (Wildman–Crippen MR) is 148 cm³/mol. The number of aliphatic hydroxyl groups excluding tert-OH is 2. The molecule has 194 valence electrons. The molecule has 0 spiro atoms. The van der Waals surface area contributed by atoms with Gasteiger partial charge in [0.1, 0.15) is 6.10 Å². The van der Waals surface area contributed by atoms with Crippen LogP contribution in [0, 0.1) is 16.7 Å². The number of carbonyl (C=O) groups excluding carboxylic acids is 1. The maximum atomic E-state index is 13.1. The summed E-state index contributed by atoms with van der Waals surface area (Å²) in [5.41, 5.74) is 2.25. The Morgan fingerprint density at radius 2 is 1.70 bits per heavy atom. The van der Waals surface area contributed by atoms with Gasteiger partial charge in [-0.3, -0.25) is 4.79 Å². The molecule has 6 atom stereocenters. The molecule has 0 amide bonds. The van der Waals surface area contributed by atoms with Gasteiger partial charge in [0.25, 0.3) is 0 Å². The second-order valence-corrected chi connectivity index (χ2v) is 11.7. The van der Waals surface area contributed by atoms with E-state index in [0.29, 0.717) is 0 Å². The molecular formula is C33H38O4. The highest BCUT2D eigenvalue weighted by Gasteiger charge is 2.67. The Morgan fingerprint density at radius 1 is 1.00 bits per heavy atom. The van der Waals surface area contributed by atoms with Crippen molar-refractivity contribution in [2.45, 2.75) is 70.7 Å². The fourth-order valence-corrected chi connectivity index (χ4v) is 7.10. The third-order valence-electron chi connectivity index (χ3n) is 9.44. The first-order valence-corrected chi connectivity index (χ1v) is 13.5. The average molecular weight is 499 g/mol. The molecule has 0 radical (unpaired) electrons. The lowest BCUT2D eigenvalue weighted by Gasteiger charge is -2.40. The lowest BCUT2D eigenvalue weighted by Crippen LogP contribution is -2.36. The van der Waals surface area contributed by atoms with Crippen LogP contribution in [0.5, 0.6) is 0 Å². The first kappa shape index (κ1) is 25.7. The molecule has 0 aromatic heterocycles. The molecule has 0 aliphatic heterocycles. The minimum atomic E-state index is -0.971. The number of ether oxygens (including phenoxy) is 1. The van der Waals surface area contributed by atoms with E-state index in [2.05, 4.69) is 63.2 Å². The van der Waals surface area contributed by atoms with Crippen molar-refractivity contribution < 1.29 is 19.7 Å². The third-order valence-corrected chi connectivity index (χ3v) is 9.44. The van der Waals surface area contributed by atoms with Crippen LogP contribution in [0.4, 0.5) is 0 Å². The highest BCUT2D eigenvalue weighted by Crippen LogP contribution is 2.72. The number of rotatable bonds is 8. The van der Waals surface area contributed by atoms with Gasteiger partial charge in [0.2, 0.25) is 0 Å². The lowest BCUT2D eigenvalue weighted by atomic mass is 9.64. The van der Waals surface area contributed by atoms with Gasteiger partial charge >= 0.3 is 5.97 Å². The van der Waals surface area contributed by atoms with Gasteiger partial charge in [0.15, 0.2) is 0 Å². The Kier molecular flexibility index (Phi) is 6.99. The van der Waals surface area contributed by atoms with Gasteiger partial charge in [-0.2, -0.15) is 0 Å². The Morgan fingerprint density at radius 3 is 2.49 bits per heavy atom. The molecule has 2 aliphatic carbocycles. The number of fused-ring (bicyclic) bond motifs is 3. The number of aliphatic hydroxyl groups is 2. The Labute approximate surface area is 220 Å². The molecule has 3 aromatic rings. The molecule has 2 fully saturated rings. The lowest BCUT2D eigenvalue weighted by molar-refractivity contribution is -0.156. The molecule has 37 heavy (non-hydrogen) atoms. The molecule has 4 nitrogen and oxygen atoms in total. The summed E-state index contributed by atoms with van der Waals surface area (Å²) >= 11 is 0. The maximum absolute atomic E-state index is 13.1. The van der Waals surface area contributed by atoms with Gasteiger partial charge in [-0.1, -0.05) is 106 Å². The number of esters is 1. The van der Waals surface area contributed by atoms with Crippen molar-refractivity contribution in [3.05, 3.63) is 90.0 Å². The van der Waals surface area contributed by atoms with Crippen LogP contribution >= 0.6 is 0 Å². The van der Waals surface area contributed by atoms with Crippen LogP contribution in [-0.2, 0) is 9.53 Å². The standard InChI is InChI=1S/C33H38O4/c1-32(2)28-18-19-33(32,3)30(27-15-9-13-23-12-7-8-14-26(23)27)31(28)37-29(36)21-25(35)20-24(34)17-16-22-10-5-4-6-11-22/h4-17,24-25,28,30-31,34-35H,18-21H2,1-3H3/t24-,25-,28?,30?,31?,33+/m0/s1. The van der Waals surface area contributed by atoms with Gasteiger partial charge in [-0.25, -0.2) is 0 Å². The quantitative estimate of drug-likeness (QED) is 0.348. The van der Waals surface area contributed by atoms with E-state index in [-0.39, 0.29) is 41.6 Å². The molecule has 2 saturated carbocycles. The van der Waals surface area contributed by atoms with E-state index in [1.807, 2.05) is 36.4 Å². The van der Waals surface area contributed by atoms with E-state index in [1.54, 1.807) is 6.08 Å². The molecule has 0 saturated heterocycles. The van der Waals surface area contributed by atoms with Crippen molar-refractivity contribution in [1.82, 2.24) is 0 Å². The fraction of sp³-hybridized carbons (Fsp3) is 0.424. The topological polar surface area (TPSA) is 66.8 Å². The summed E-state index contributed by atoms with van der Waals surface area (Å²) < 4.78 is 6.24. The minimum Gasteiger partial charge on any atom is -0.461 e. The van der Waals surface area contributed by atoms with E-state index in [0.717, 1.165) is 18.4 Å². The summed E-state index contributed by atoms with van der Waals surface area (Å²) in [5, 5.41) is 23.3. The van der Waals surface area contributed by atoms with Gasteiger partial charge in [-0.05, 0) is 45.6 Å². The summed E-state index contributed by atoms with van der Waals surface area (Å²) in [4.78, 5) is 13.1. The smallest absolute Gasteiger partial charge is 0.308 e. The van der Waals surface area contributed by atoms with E-state index in [1.165, 1.54) is 16.3 Å². The van der Waals surface area contributed by atoms with Crippen molar-refractivity contribution >= 4 is 22.8 Å². The van der Waals surface area contributed by atoms with Crippen LogP contribution in [0.2, 0.25) is 0 Å². The van der Waals surface area contributed by atoms with Gasteiger partial charge in [0, 0.05) is 18.3 Å². The van der Waals surface area contributed by atoms with E-state index in [9.17, 15) is 15.0 Å². The van der Waals surface area contributed by atoms with E-state index < -0.39 is 18.2 Å². The van der Waals surface area contributed by atoms with Gasteiger partial charge in [-0.15, -0.1) is 0 Å². The first-order valence-electron chi connectivity index (χ1n) is 13.5. The number of hydrogen-bond donors (Lipinski definition) is 2. The summed E-state index contributed by atoms with van der Waals surface area (Å²) in [6, 6.07) is 24.5. The maximum Gasteiger partial charge on any atom is 0.308 e. The Bertz CT molecular complexity index is 1270. The minimum absolute atomic E-state index is 0.00375. The van der Waals surface area contributed by atoms with Gasteiger partial charge in [0.05, 0.1) is 18.6 Å². The normalized spacial score (nSPS) is 28.0. The molecule has 3 aromatic carbocycles. The zero-order valence-electron chi connectivity index (χ0n) is 22.0. The van der Waals surface area contributed by atoms with E-state index in [4.69, 9.17) is 4.74 Å². The molecule has 2 aliphatic rings. The molecular weight excluding hydrogens is 460 g/mol. The number of carbonyl (C=O) groups is 1. The second-order valence-electron chi connectivity index (χ2n) is 11.7. The summed E-state index contributed by atoms with van der Waals surface area (Å²) in [5.74, 6) is -0.0382. The Balaban J connectivity index is 1.31. The van der Waals surface area contributed by atoms with Crippen molar-refractivity contribution in [2.75, 3.05) is 0 Å². The van der Waals surface area contributed by atoms with Crippen molar-refractivity contribution in [3.8, 4) is 0 Å². The summed E-state index contributed by atoms with van der Waals surface area (Å²) in [6.07, 6.45) is 3.53. The van der Waals surface area contributed by atoms with Crippen LogP contribution < -0.4 is 0 Å². The van der Waals surface area contributed by atoms with Crippen LogP contribution in [0.1, 0.15) is 63.5 Å². The Hall–Kier alpha value is -2.95. The molecule has 5 rings (SSSR count). The zero-order chi connectivity index (χ0) is 26.2. The van der Waals surface area contributed by atoms with Crippen molar-refractivity contribution in [3.63, 3.8) is 0 Å². The molecule has 0 heterocycles. The van der Waals surface area contributed by atoms with Crippen LogP contribution in [0.25, 0.3) is 16.8 Å². The second kappa shape index (κ2) is 10.1. The van der Waals surface area contributed by atoms with Crippen molar-refractivity contribution in [2.24, 2.45) is 16.7 Å². The van der Waals surface area contributed by atoms with Crippen LogP contribution in [-0.4, -0.2) is 34.5 Å². The average Bonchev–Trinajstić information content (AvgIpc) is 3.20.